The Morgan fingerprint density at radius 2 is 1.68 bits per heavy atom. The first-order chi connectivity index (χ1) is 15.7. The van der Waals surface area contributed by atoms with Crippen LogP contribution in [0.15, 0.2) is 29.5 Å². The van der Waals surface area contributed by atoms with E-state index in [1.54, 1.807) is 6.92 Å². The summed E-state index contributed by atoms with van der Waals surface area (Å²) in [6.07, 6.45) is -0.844. The number of nitrogens with zero attached hydrogens (tertiary/aromatic N) is 3. The predicted molar refractivity (Wildman–Crippen MR) is 108 cm³/mol. The molecule has 1 saturated heterocycles. The van der Waals surface area contributed by atoms with Crippen LogP contribution in [-0.2, 0) is 23.9 Å². The number of alkyl halides is 3. The van der Waals surface area contributed by atoms with Crippen LogP contribution in [0, 0.1) is 18.7 Å². The average Bonchev–Trinajstić information content (AvgIpc) is 3.54. The first-order valence-corrected chi connectivity index (χ1v) is 11.5. The lowest BCUT2D eigenvalue weighted by Crippen LogP contribution is -2.70. The summed E-state index contributed by atoms with van der Waals surface area (Å²) in [5.41, 5.74) is -6.23. The third kappa shape index (κ3) is 3.60. The van der Waals surface area contributed by atoms with E-state index < -0.39 is 68.7 Å². The van der Waals surface area contributed by atoms with Crippen molar-refractivity contribution in [3.63, 3.8) is 0 Å². The predicted octanol–water partition coefficient (Wildman–Crippen LogP) is 2.62. The number of carbonyl (C=O) groups excluding carboxylic acids is 3. The van der Waals surface area contributed by atoms with Crippen molar-refractivity contribution in [2.24, 2.45) is 5.92 Å². The van der Waals surface area contributed by atoms with Gasteiger partial charge in [0, 0.05) is 13.1 Å². The highest BCUT2D eigenvalue weighted by molar-refractivity contribution is 7.87. The highest BCUT2D eigenvalue weighted by Gasteiger charge is 2.60. The summed E-state index contributed by atoms with van der Waals surface area (Å²) in [6.45, 7) is 2.60. The molecule has 4 amide bonds. The summed E-state index contributed by atoms with van der Waals surface area (Å²) in [5, 5.41) is 0. The van der Waals surface area contributed by atoms with Gasteiger partial charge in [0.25, 0.3) is 5.91 Å². The molecule has 2 aliphatic heterocycles. The van der Waals surface area contributed by atoms with Crippen molar-refractivity contribution in [1.82, 2.24) is 9.80 Å². The maximum absolute atomic E-state index is 14.9. The molecule has 1 aromatic rings. The average molecular weight is 505 g/mol. The van der Waals surface area contributed by atoms with Gasteiger partial charge in [-0.3, -0.25) is 19.4 Å². The van der Waals surface area contributed by atoms with Crippen LogP contribution in [0.4, 0.5) is 28.0 Å². The quantitative estimate of drug-likeness (QED) is 0.354. The molecule has 0 spiro atoms. The van der Waals surface area contributed by atoms with E-state index >= 15 is 0 Å². The zero-order valence-corrected chi connectivity index (χ0v) is 18.9. The Bertz CT molecular complexity index is 1240. The van der Waals surface area contributed by atoms with Gasteiger partial charge in [0.05, 0.1) is 11.3 Å². The Hall–Kier alpha value is -3.16. The molecule has 0 aromatic heterocycles. The first-order valence-electron chi connectivity index (χ1n) is 10.1. The van der Waals surface area contributed by atoms with E-state index in [1.165, 1.54) is 19.2 Å². The fraction of sp³-hybridized carbons (Fsp3) is 0.450. The van der Waals surface area contributed by atoms with Crippen molar-refractivity contribution in [1.29, 1.82) is 0 Å². The fourth-order valence-electron chi connectivity index (χ4n) is 4.12. The summed E-state index contributed by atoms with van der Waals surface area (Å²) in [5.74, 6) is -5.79. The minimum atomic E-state index is -6.25. The number of carbonyl (C=O) groups is 3. The number of urea groups is 1. The van der Waals surface area contributed by atoms with E-state index in [4.69, 9.17) is 0 Å². The van der Waals surface area contributed by atoms with Gasteiger partial charge in [-0.1, -0.05) is 6.07 Å². The second-order valence-corrected chi connectivity index (χ2v) is 9.86. The zero-order chi connectivity index (χ0) is 25.3. The third-order valence-electron chi connectivity index (χ3n) is 5.93. The lowest BCUT2D eigenvalue weighted by atomic mass is 9.89. The van der Waals surface area contributed by atoms with E-state index in [0.717, 1.165) is 27.7 Å². The Morgan fingerprint density at radius 1 is 1.06 bits per heavy atom. The number of hydrogen-bond donors (Lipinski definition) is 0. The maximum atomic E-state index is 14.9. The van der Waals surface area contributed by atoms with Gasteiger partial charge in [-0.05, 0) is 44.4 Å². The topological polar surface area (TPSA) is 104 Å². The van der Waals surface area contributed by atoms with Crippen molar-refractivity contribution in [2.75, 3.05) is 11.9 Å². The molecule has 2 heterocycles. The van der Waals surface area contributed by atoms with Crippen LogP contribution in [0.1, 0.15) is 25.3 Å². The van der Waals surface area contributed by atoms with Gasteiger partial charge in [-0.2, -0.15) is 21.6 Å². The monoisotopic (exact) mass is 505 g/mol. The number of amides is 4. The SMILES string of the molecule is CC1=C(OS(=O)(=O)C(F)(F)F)C2C(=O)N(C3CC3)C(=O)N(c3ccc(C)cc3F)C2N(C)C1=O. The standard InChI is InChI=1S/C20H19F4N3O6S/c1-9-4-7-13(12(21)8-9)27-16-14(18(29)26(19(27)30)11-5-6-11)15(10(2)17(28)25(16)3)33-34(31,32)20(22,23)24/h4,7-8,11,14,16H,5-6H2,1-3H3. The number of aryl methyl sites for hydroxylation is 1. The van der Waals surface area contributed by atoms with Gasteiger partial charge in [-0.25, -0.2) is 9.18 Å². The fourth-order valence-corrected chi connectivity index (χ4v) is 4.68. The lowest BCUT2D eigenvalue weighted by molar-refractivity contribution is -0.141. The number of anilines is 1. The van der Waals surface area contributed by atoms with Gasteiger partial charge in [0.15, 0.2) is 0 Å². The van der Waals surface area contributed by atoms with Gasteiger partial charge in [0.2, 0.25) is 5.91 Å². The molecule has 1 aliphatic carbocycles. The number of hydrogen-bond acceptors (Lipinski definition) is 6. The van der Waals surface area contributed by atoms with E-state index in [1.807, 2.05) is 0 Å². The van der Waals surface area contributed by atoms with Crippen LogP contribution in [0.2, 0.25) is 0 Å². The molecule has 1 aromatic carbocycles. The highest BCUT2D eigenvalue weighted by Crippen LogP contribution is 2.44. The maximum Gasteiger partial charge on any atom is 0.534 e. The van der Waals surface area contributed by atoms with Crippen molar-refractivity contribution in [3.8, 4) is 0 Å². The van der Waals surface area contributed by atoms with Crippen molar-refractivity contribution >= 4 is 33.7 Å². The molecule has 2 unspecified atom stereocenters. The second-order valence-electron chi connectivity index (χ2n) is 8.33. The molecule has 9 nitrogen and oxygen atoms in total. The minimum absolute atomic E-state index is 0.332. The summed E-state index contributed by atoms with van der Waals surface area (Å²) < 4.78 is 82.1. The third-order valence-corrected chi connectivity index (χ3v) is 6.89. The first kappa shape index (κ1) is 24.0. The largest absolute Gasteiger partial charge is 0.534 e. The summed E-state index contributed by atoms with van der Waals surface area (Å²) >= 11 is 0. The molecule has 2 fully saturated rings. The van der Waals surface area contributed by atoms with Crippen molar-refractivity contribution in [2.45, 2.75) is 44.4 Å². The van der Waals surface area contributed by atoms with Crippen LogP contribution >= 0.6 is 0 Å². The van der Waals surface area contributed by atoms with E-state index in [0.29, 0.717) is 18.4 Å². The number of halogens is 4. The Labute approximate surface area is 191 Å². The molecule has 4 rings (SSSR count). The van der Waals surface area contributed by atoms with Crippen LogP contribution in [0.25, 0.3) is 0 Å². The highest BCUT2D eigenvalue weighted by atomic mass is 32.2. The van der Waals surface area contributed by atoms with Crippen LogP contribution in [-0.4, -0.2) is 60.8 Å². The van der Waals surface area contributed by atoms with Crippen molar-refractivity contribution < 1.29 is 44.5 Å². The van der Waals surface area contributed by atoms with E-state index in [9.17, 15) is 40.4 Å². The minimum Gasteiger partial charge on any atom is -0.379 e. The molecule has 1 saturated carbocycles. The van der Waals surface area contributed by atoms with Crippen LogP contribution < -0.4 is 4.90 Å². The van der Waals surface area contributed by atoms with Crippen LogP contribution in [0.5, 0.6) is 0 Å². The normalized spacial score (nSPS) is 24.1. The molecule has 14 heteroatoms. The molecular formula is C20H19F4N3O6S. The number of fused-ring (bicyclic) bond motifs is 1. The molecule has 184 valence electrons. The molecule has 0 radical (unpaired) electrons. The summed E-state index contributed by atoms with van der Waals surface area (Å²) in [4.78, 5) is 42.0. The smallest absolute Gasteiger partial charge is 0.379 e. The second kappa shape index (κ2) is 7.68. The Kier molecular flexibility index (Phi) is 5.42. The van der Waals surface area contributed by atoms with Crippen LogP contribution in [0.3, 0.4) is 0 Å². The number of rotatable bonds is 4. The molecular weight excluding hydrogens is 486 g/mol. The summed E-state index contributed by atoms with van der Waals surface area (Å²) in [7, 11) is -5.08. The Morgan fingerprint density at radius 3 is 2.21 bits per heavy atom. The lowest BCUT2D eigenvalue weighted by Gasteiger charge is -2.50. The van der Waals surface area contributed by atoms with Gasteiger partial charge >= 0.3 is 21.7 Å². The van der Waals surface area contributed by atoms with Gasteiger partial charge in [-0.15, -0.1) is 0 Å². The number of benzene rings is 1. The van der Waals surface area contributed by atoms with Gasteiger partial charge < -0.3 is 9.08 Å². The molecule has 34 heavy (non-hydrogen) atoms. The number of imide groups is 1. The van der Waals surface area contributed by atoms with E-state index in [-0.39, 0.29) is 5.69 Å². The zero-order valence-electron chi connectivity index (χ0n) is 18.1. The molecule has 0 N–H and O–H groups in total. The van der Waals surface area contributed by atoms with Crippen molar-refractivity contribution in [3.05, 3.63) is 40.9 Å². The molecule has 3 aliphatic rings. The van der Waals surface area contributed by atoms with E-state index in [2.05, 4.69) is 4.18 Å². The number of likely N-dealkylation sites (N-methyl/N-ethyl adjacent to an activating group) is 1. The van der Waals surface area contributed by atoms with Gasteiger partial charge in [0.1, 0.15) is 23.7 Å². The molecule has 0 bridgehead atoms. The molecule has 2 atom stereocenters. The Balaban J connectivity index is 1.93. The summed E-state index contributed by atoms with van der Waals surface area (Å²) in [6, 6.07) is 2.23.